The molecule has 1 atom stereocenters. The number of rotatable bonds is 3. The molecule has 19 heavy (non-hydrogen) atoms. The molecule has 0 saturated carbocycles. The first-order chi connectivity index (χ1) is 8.95. The zero-order chi connectivity index (χ0) is 14.0. The highest BCUT2D eigenvalue weighted by Crippen LogP contribution is 2.25. The molecule has 100 valence electrons. The van der Waals surface area contributed by atoms with Crippen molar-refractivity contribution in [1.82, 2.24) is 0 Å². The summed E-state index contributed by atoms with van der Waals surface area (Å²) in [7, 11) is 0. The van der Waals surface area contributed by atoms with Crippen LogP contribution < -0.4 is 0 Å². The Bertz CT molecular complexity index is 584. The predicted molar refractivity (Wildman–Crippen MR) is 81.9 cm³/mol. The van der Waals surface area contributed by atoms with E-state index in [-0.39, 0.29) is 18.1 Å². The lowest BCUT2D eigenvalue weighted by Gasteiger charge is -2.13. The average Bonchev–Trinajstić information content (AvgIpc) is 2.26. The normalized spacial score (nSPS) is 12.5. The van der Waals surface area contributed by atoms with E-state index >= 15 is 0 Å². The Morgan fingerprint density at radius 1 is 1.11 bits per heavy atom. The van der Waals surface area contributed by atoms with Crippen LogP contribution in [-0.4, -0.2) is 5.11 Å². The van der Waals surface area contributed by atoms with Gasteiger partial charge in [-0.3, -0.25) is 0 Å². The summed E-state index contributed by atoms with van der Waals surface area (Å²) in [5.74, 6) is -0.695. The largest absolute Gasteiger partial charge is 0.388 e. The molecule has 5 heteroatoms. The van der Waals surface area contributed by atoms with Gasteiger partial charge in [0.05, 0.1) is 6.10 Å². The first-order valence-corrected chi connectivity index (χ1v) is 7.41. The highest BCUT2D eigenvalue weighted by atomic mass is 127. The lowest BCUT2D eigenvalue weighted by molar-refractivity contribution is 0.177. The molecule has 0 aliphatic carbocycles. The van der Waals surface area contributed by atoms with Crippen LogP contribution in [-0.2, 0) is 6.42 Å². The molecule has 0 aromatic heterocycles. The molecule has 2 rings (SSSR count). The van der Waals surface area contributed by atoms with E-state index in [4.69, 9.17) is 0 Å². The van der Waals surface area contributed by atoms with Crippen molar-refractivity contribution in [2.24, 2.45) is 0 Å². The highest BCUT2D eigenvalue weighted by molar-refractivity contribution is 14.1. The average molecular weight is 439 g/mol. The van der Waals surface area contributed by atoms with Crippen LogP contribution in [0.4, 0.5) is 8.78 Å². The summed E-state index contributed by atoms with van der Waals surface area (Å²) < 4.78 is 27.5. The van der Waals surface area contributed by atoms with Crippen LogP contribution in [0.25, 0.3) is 0 Å². The maximum absolute atomic E-state index is 13.3. The van der Waals surface area contributed by atoms with Gasteiger partial charge in [-0.2, -0.15) is 0 Å². The third kappa shape index (κ3) is 3.97. The van der Waals surface area contributed by atoms with Gasteiger partial charge in [-0.1, -0.05) is 22.0 Å². The van der Waals surface area contributed by atoms with Gasteiger partial charge in [-0.25, -0.2) is 8.78 Å². The molecule has 0 bridgehead atoms. The SMILES string of the molecule is OC(Cc1cc(F)cc(Br)c1)c1ccc(F)cc1I. The van der Waals surface area contributed by atoms with Gasteiger partial charge in [0.15, 0.2) is 0 Å². The summed E-state index contributed by atoms with van der Waals surface area (Å²) in [6.45, 7) is 0. The van der Waals surface area contributed by atoms with Crippen molar-refractivity contribution < 1.29 is 13.9 Å². The summed E-state index contributed by atoms with van der Waals surface area (Å²) >= 11 is 5.18. The number of aliphatic hydroxyl groups is 1. The number of halogens is 4. The summed E-state index contributed by atoms with van der Waals surface area (Å²) in [4.78, 5) is 0. The molecular weight excluding hydrogens is 429 g/mol. The van der Waals surface area contributed by atoms with Crippen molar-refractivity contribution in [2.75, 3.05) is 0 Å². The predicted octanol–water partition coefficient (Wildman–Crippen LogP) is 4.61. The van der Waals surface area contributed by atoms with Crippen LogP contribution in [0.15, 0.2) is 40.9 Å². The molecular formula is C14H10BrF2IO. The molecule has 2 aromatic carbocycles. The van der Waals surface area contributed by atoms with E-state index in [1.165, 1.54) is 24.3 Å². The molecule has 1 nitrogen and oxygen atoms in total. The fraction of sp³-hybridized carbons (Fsp3) is 0.143. The minimum absolute atomic E-state index is 0.276. The lowest BCUT2D eigenvalue weighted by Crippen LogP contribution is -2.04. The van der Waals surface area contributed by atoms with Crippen molar-refractivity contribution in [3.8, 4) is 0 Å². The molecule has 0 amide bonds. The Kier molecular flexibility index (Phi) is 4.92. The summed E-state index contributed by atoms with van der Waals surface area (Å²) in [6.07, 6.45) is -0.515. The van der Waals surface area contributed by atoms with E-state index in [1.807, 2.05) is 22.6 Å². The zero-order valence-electron chi connectivity index (χ0n) is 9.71. The molecule has 0 aliphatic rings. The topological polar surface area (TPSA) is 20.2 Å². The van der Waals surface area contributed by atoms with E-state index < -0.39 is 6.10 Å². The van der Waals surface area contributed by atoms with Crippen molar-refractivity contribution in [2.45, 2.75) is 12.5 Å². The van der Waals surface area contributed by atoms with Gasteiger partial charge in [0, 0.05) is 14.5 Å². The molecule has 1 N–H and O–H groups in total. The minimum atomic E-state index is -0.791. The Labute approximate surface area is 131 Å². The van der Waals surface area contributed by atoms with Gasteiger partial charge in [0.1, 0.15) is 11.6 Å². The summed E-state index contributed by atoms with van der Waals surface area (Å²) in [6, 6.07) is 8.71. The van der Waals surface area contributed by atoms with Crippen LogP contribution in [0.3, 0.4) is 0 Å². The fourth-order valence-corrected chi connectivity index (χ4v) is 3.18. The standard InChI is InChI=1S/C14H10BrF2IO/c15-9-3-8(4-11(17)6-9)5-14(19)12-2-1-10(16)7-13(12)18/h1-4,6-7,14,19H,5H2. The molecule has 1 unspecified atom stereocenters. The van der Waals surface area contributed by atoms with Crippen LogP contribution in [0, 0.1) is 15.2 Å². The molecule has 0 aliphatic heterocycles. The first kappa shape index (κ1) is 14.9. The summed E-state index contributed by atoms with van der Waals surface area (Å²) in [5.41, 5.74) is 1.32. The van der Waals surface area contributed by atoms with Crippen LogP contribution in [0.5, 0.6) is 0 Å². The van der Waals surface area contributed by atoms with Gasteiger partial charge in [0.2, 0.25) is 0 Å². The quantitative estimate of drug-likeness (QED) is 0.694. The number of aliphatic hydroxyl groups excluding tert-OH is 1. The number of hydrogen-bond donors (Lipinski definition) is 1. The number of benzene rings is 2. The fourth-order valence-electron chi connectivity index (χ4n) is 1.83. The second-order valence-corrected chi connectivity index (χ2v) is 6.24. The number of hydrogen-bond acceptors (Lipinski definition) is 1. The minimum Gasteiger partial charge on any atom is -0.388 e. The van der Waals surface area contributed by atoms with E-state index in [2.05, 4.69) is 15.9 Å². The van der Waals surface area contributed by atoms with Gasteiger partial charge in [-0.15, -0.1) is 0 Å². The third-order valence-electron chi connectivity index (χ3n) is 2.67. The molecule has 0 fully saturated rings. The molecule has 2 aromatic rings. The second kappa shape index (κ2) is 6.28. The first-order valence-electron chi connectivity index (χ1n) is 5.53. The van der Waals surface area contributed by atoms with Gasteiger partial charge >= 0.3 is 0 Å². The van der Waals surface area contributed by atoms with Gasteiger partial charge < -0.3 is 5.11 Å². The van der Waals surface area contributed by atoms with Crippen molar-refractivity contribution in [1.29, 1.82) is 0 Å². The Morgan fingerprint density at radius 2 is 1.84 bits per heavy atom. The zero-order valence-corrected chi connectivity index (χ0v) is 13.5. The molecule has 0 heterocycles. The van der Waals surface area contributed by atoms with E-state index in [1.54, 1.807) is 12.1 Å². The molecule has 0 radical (unpaired) electrons. The maximum atomic E-state index is 13.3. The summed E-state index contributed by atoms with van der Waals surface area (Å²) in [5, 5.41) is 10.2. The van der Waals surface area contributed by atoms with E-state index in [0.29, 0.717) is 19.2 Å². The van der Waals surface area contributed by atoms with Crippen LogP contribution in [0.2, 0.25) is 0 Å². The van der Waals surface area contributed by atoms with Crippen molar-refractivity contribution >= 4 is 38.5 Å². The van der Waals surface area contributed by atoms with Gasteiger partial charge in [-0.05, 0) is 64.0 Å². The maximum Gasteiger partial charge on any atom is 0.124 e. The molecule has 0 spiro atoms. The smallest absolute Gasteiger partial charge is 0.124 e. The highest BCUT2D eigenvalue weighted by Gasteiger charge is 2.13. The Balaban J connectivity index is 2.22. The second-order valence-electron chi connectivity index (χ2n) is 4.16. The third-order valence-corrected chi connectivity index (χ3v) is 4.06. The van der Waals surface area contributed by atoms with E-state index in [0.717, 1.165) is 0 Å². The van der Waals surface area contributed by atoms with Crippen LogP contribution in [0.1, 0.15) is 17.2 Å². The van der Waals surface area contributed by atoms with Crippen molar-refractivity contribution in [3.63, 3.8) is 0 Å². The molecule has 0 saturated heterocycles. The Morgan fingerprint density at radius 3 is 2.47 bits per heavy atom. The van der Waals surface area contributed by atoms with Crippen LogP contribution >= 0.6 is 38.5 Å². The van der Waals surface area contributed by atoms with Crippen molar-refractivity contribution in [3.05, 3.63) is 67.2 Å². The van der Waals surface area contributed by atoms with E-state index in [9.17, 15) is 13.9 Å². The Hall–Kier alpha value is -0.530. The lowest BCUT2D eigenvalue weighted by atomic mass is 10.0. The van der Waals surface area contributed by atoms with Gasteiger partial charge in [0.25, 0.3) is 0 Å². The monoisotopic (exact) mass is 438 g/mol.